The Hall–Kier alpha value is -2.04. The Labute approximate surface area is 113 Å². The maximum absolute atomic E-state index is 12.0. The summed E-state index contributed by atoms with van der Waals surface area (Å²) in [6, 6.07) is 9.27. The molecule has 5 heteroatoms. The fraction of sp³-hybridized carbons (Fsp3) is 0.429. The van der Waals surface area contributed by atoms with Gasteiger partial charge in [0, 0.05) is 13.1 Å². The standard InChI is InChI=1S/C14H19N3O2/c1-2-8-17-12(9-11-6-4-3-5-7-11)10-15-13(18)16-14(17)19/h3-7,12H,2,8-10H2,1H3,(H2,15,16,18,19). The monoisotopic (exact) mass is 261 g/mol. The quantitative estimate of drug-likeness (QED) is 0.867. The van der Waals surface area contributed by atoms with Crippen molar-refractivity contribution in [3.8, 4) is 0 Å². The molecule has 5 nitrogen and oxygen atoms in total. The fourth-order valence-corrected chi connectivity index (χ4v) is 2.29. The van der Waals surface area contributed by atoms with Gasteiger partial charge in [0.25, 0.3) is 0 Å². The summed E-state index contributed by atoms with van der Waals surface area (Å²) in [5.74, 6) is 0. The molecule has 1 unspecified atom stereocenters. The zero-order chi connectivity index (χ0) is 13.7. The van der Waals surface area contributed by atoms with Crippen LogP contribution < -0.4 is 10.6 Å². The summed E-state index contributed by atoms with van der Waals surface area (Å²) in [5, 5.41) is 5.05. The summed E-state index contributed by atoms with van der Waals surface area (Å²) in [7, 11) is 0. The summed E-state index contributed by atoms with van der Waals surface area (Å²) in [6.45, 7) is 3.15. The first-order valence-electron chi connectivity index (χ1n) is 6.60. The Bertz CT molecular complexity index is 447. The molecule has 1 atom stereocenters. The molecule has 0 saturated carbocycles. The highest BCUT2D eigenvalue weighted by molar-refractivity contribution is 5.94. The maximum Gasteiger partial charge on any atom is 0.325 e. The minimum Gasteiger partial charge on any atom is -0.336 e. The number of benzene rings is 1. The third-order valence-electron chi connectivity index (χ3n) is 3.20. The van der Waals surface area contributed by atoms with Crippen LogP contribution in [-0.2, 0) is 6.42 Å². The molecular formula is C14H19N3O2. The molecule has 0 aromatic heterocycles. The van der Waals surface area contributed by atoms with Gasteiger partial charge in [0.15, 0.2) is 0 Å². The van der Waals surface area contributed by atoms with Crippen LogP contribution >= 0.6 is 0 Å². The Balaban J connectivity index is 2.14. The van der Waals surface area contributed by atoms with Crippen molar-refractivity contribution in [1.29, 1.82) is 0 Å². The number of hydrogen-bond donors (Lipinski definition) is 2. The summed E-state index contributed by atoms with van der Waals surface area (Å²) >= 11 is 0. The lowest BCUT2D eigenvalue weighted by molar-refractivity contribution is 0.181. The predicted molar refractivity (Wildman–Crippen MR) is 72.9 cm³/mol. The van der Waals surface area contributed by atoms with E-state index in [1.54, 1.807) is 4.90 Å². The molecule has 1 fully saturated rings. The number of amides is 4. The summed E-state index contributed by atoms with van der Waals surface area (Å²) in [6.07, 6.45) is 1.61. The molecule has 1 aromatic rings. The Morgan fingerprint density at radius 2 is 2.00 bits per heavy atom. The first-order chi connectivity index (χ1) is 9.20. The van der Waals surface area contributed by atoms with Crippen LogP contribution in [0.25, 0.3) is 0 Å². The topological polar surface area (TPSA) is 61.4 Å². The van der Waals surface area contributed by atoms with Crippen molar-refractivity contribution in [2.24, 2.45) is 0 Å². The number of carbonyl (C=O) groups is 2. The zero-order valence-corrected chi connectivity index (χ0v) is 11.1. The van der Waals surface area contributed by atoms with Crippen molar-refractivity contribution in [2.45, 2.75) is 25.8 Å². The third kappa shape index (κ3) is 3.47. The molecule has 1 aliphatic heterocycles. The fourth-order valence-electron chi connectivity index (χ4n) is 2.29. The smallest absolute Gasteiger partial charge is 0.325 e. The Morgan fingerprint density at radius 3 is 2.68 bits per heavy atom. The summed E-state index contributed by atoms with van der Waals surface area (Å²) in [4.78, 5) is 25.1. The number of urea groups is 2. The molecule has 1 aliphatic rings. The number of nitrogens with zero attached hydrogens (tertiary/aromatic N) is 1. The molecule has 0 radical (unpaired) electrons. The predicted octanol–water partition coefficient (Wildman–Crippen LogP) is 1.74. The molecule has 0 bridgehead atoms. The van der Waals surface area contributed by atoms with Crippen LogP contribution in [0.1, 0.15) is 18.9 Å². The van der Waals surface area contributed by atoms with Gasteiger partial charge >= 0.3 is 12.1 Å². The maximum atomic E-state index is 12.0. The average molecular weight is 261 g/mol. The van der Waals surface area contributed by atoms with Gasteiger partial charge in [0.05, 0.1) is 6.04 Å². The van der Waals surface area contributed by atoms with E-state index in [1.807, 2.05) is 37.3 Å². The van der Waals surface area contributed by atoms with Crippen molar-refractivity contribution >= 4 is 12.1 Å². The van der Waals surface area contributed by atoms with E-state index in [-0.39, 0.29) is 12.1 Å². The van der Waals surface area contributed by atoms with Crippen LogP contribution in [0.5, 0.6) is 0 Å². The number of imide groups is 1. The minimum absolute atomic E-state index is 0.00574. The van der Waals surface area contributed by atoms with Gasteiger partial charge in [-0.2, -0.15) is 0 Å². The van der Waals surface area contributed by atoms with Gasteiger partial charge in [0.1, 0.15) is 0 Å². The van der Waals surface area contributed by atoms with E-state index in [9.17, 15) is 9.59 Å². The lowest BCUT2D eigenvalue weighted by Gasteiger charge is -2.28. The lowest BCUT2D eigenvalue weighted by atomic mass is 10.0. The van der Waals surface area contributed by atoms with Crippen molar-refractivity contribution in [2.75, 3.05) is 13.1 Å². The Kier molecular flexibility index (Phi) is 4.39. The molecule has 1 saturated heterocycles. The molecule has 2 N–H and O–H groups in total. The van der Waals surface area contributed by atoms with Crippen molar-refractivity contribution in [3.05, 3.63) is 35.9 Å². The van der Waals surface area contributed by atoms with E-state index in [0.717, 1.165) is 18.4 Å². The molecule has 1 aromatic carbocycles. The van der Waals surface area contributed by atoms with Gasteiger partial charge in [-0.15, -0.1) is 0 Å². The second-order valence-corrected chi connectivity index (χ2v) is 4.68. The van der Waals surface area contributed by atoms with E-state index < -0.39 is 6.03 Å². The summed E-state index contributed by atoms with van der Waals surface area (Å²) < 4.78 is 0. The number of nitrogens with one attached hydrogen (secondary N) is 2. The number of rotatable bonds is 4. The molecule has 2 rings (SSSR count). The van der Waals surface area contributed by atoms with Gasteiger partial charge in [0.2, 0.25) is 0 Å². The van der Waals surface area contributed by atoms with Crippen LogP contribution in [0, 0.1) is 0 Å². The van der Waals surface area contributed by atoms with Gasteiger partial charge in [-0.05, 0) is 18.4 Å². The van der Waals surface area contributed by atoms with Gasteiger partial charge in [-0.3, -0.25) is 5.32 Å². The number of carbonyl (C=O) groups excluding carboxylic acids is 2. The highest BCUT2D eigenvalue weighted by atomic mass is 16.2. The highest BCUT2D eigenvalue weighted by Crippen LogP contribution is 2.11. The van der Waals surface area contributed by atoms with E-state index in [2.05, 4.69) is 10.6 Å². The first kappa shape index (κ1) is 13.4. The van der Waals surface area contributed by atoms with Gasteiger partial charge < -0.3 is 10.2 Å². The van der Waals surface area contributed by atoms with Crippen LogP contribution in [0.4, 0.5) is 9.59 Å². The van der Waals surface area contributed by atoms with E-state index in [4.69, 9.17) is 0 Å². The van der Waals surface area contributed by atoms with Crippen LogP contribution in [-0.4, -0.2) is 36.1 Å². The molecule has 19 heavy (non-hydrogen) atoms. The molecule has 102 valence electrons. The molecule has 0 spiro atoms. The van der Waals surface area contributed by atoms with E-state index in [1.165, 1.54) is 0 Å². The number of hydrogen-bond acceptors (Lipinski definition) is 2. The highest BCUT2D eigenvalue weighted by Gasteiger charge is 2.28. The van der Waals surface area contributed by atoms with E-state index in [0.29, 0.717) is 13.1 Å². The second-order valence-electron chi connectivity index (χ2n) is 4.68. The third-order valence-corrected chi connectivity index (χ3v) is 3.20. The van der Waals surface area contributed by atoms with E-state index >= 15 is 0 Å². The SMILES string of the molecule is CCCN1C(=O)NC(=O)NCC1Cc1ccccc1. The minimum atomic E-state index is -0.415. The summed E-state index contributed by atoms with van der Waals surface area (Å²) in [5.41, 5.74) is 1.16. The van der Waals surface area contributed by atoms with Crippen molar-refractivity contribution in [3.63, 3.8) is 0 Å². The molecule has 0 aliphatic carbocycles. The lowest BCUT2D eigenvalue weighted by Crippen LogP contribution is -2.46. The normalized spacial score (nSPS) is 19.6. The first-order valence-corrected chi connectivity index (χ1v) is 6.60. The zero-order valence-electron chi connectivity index (χ0n) is 11.1. The van der Waals surface area contributed by atoms with Crippen LogP contribution in [0.2, 0.25) is 0 Å². The second kappa shape index (κ2) is 6.22. The molecule has 4 amide bonds. The molecular weight excluding hydrogens is 242 g/mol. The Morgan fingerprint density at radius 1 is 1.26 bits per heavy atom. The van der Waals surface area contributed by atoms with Gasteiger partial charge in [-0.1, -0.05) is 37.3 Å². The van der Waals surface area contributed by atoms with Crippen molar-refractivity contribution in [1.82, 2.24) is 15.5 Å². The van der Waals surface area contributed by atoms with Crippen LogP contribution in [0.15, 0.2) is 30.3 Å². The average Bonchev–Trinajstić information content (AvgIpc) is 2.53. The largest absolute Gasteiger partial charge is 0.336 e. The van der Waals surface area contributed by atoms with Gasteiger partial charge in [-0.25, -0.2) is 9.59 Å². The van der Waals surface area contributed by atoms with Crippen molar-refractivity contribution < 1.29 is 9.59 Å². The molecule has 1 heterocycles. The van der Waals surface area contributed by atoms with Crippen LogP contribution in [0.3, 0.4) is 0 Å².